The van der Waals surface area contributed by atoms with Gasteiger partial charge < -0.3 is 14.8 Å². The van der Waals surface area contributed by atoms with Gasteiger partial charge in [0, 0.05) is 6.04 Å². The molecule has 0 saturated carbocycles. The summed E-state index contributed by atoms with van der Waals surface area (Å²) in [6.07, 6.45) is 2.34. The summed E-state index contributed by atoms with van der Waals surface area (Å²) in [5.74, 6) is 2.29. The largest absolute Gasteiger partial charge is 0.493 e. The van der Waals surface area contributed by atoms with Crippen LogP contribution >= 0.6 is 0 Å². The Labute approximate surface area is 117 Å². The number of rotatable bonds is 8. The van der Waals surface area contributed by atoms with Crippen LogP contribution in [0, 0.1) is 5.92 Å². The van der Waals surface area contributed by atoms with Gasteiger partial charge in [0.05, 0.1) is 14.2 Å². The second-order valence-corrected chi connectivity index (χ2v) is 4.97. The smallest absolute Gasteiger partial charge is 0.161 e. The van der Waals surface area contributed by atoms with Gasteiger partial charge in [-0.25, -0.2) is 0 Å². The predicted octanol–water partition coefficient (Wildman–Crippen LogP) is 3.79. The van der Waals surface area contributed by atoms with Crippen LogP contribution in [0.4, 0.5) is 0 Å². The summed E-state index contributed by atoms with van der Waals surface area (Å²) in [4.78, 5) is 0. The number of nitrogens with one attached hydrogen (secondary N) is 1. The molecule has 0 heterocycles. The highest BCUT2D eigenvalue weighted by Crippen LogP contribution is 2.32. The van der Waals surface area contributed by atoms with E-state index in [4.69, 9.17) is 9.47 Å². The first-order valence-corrected chi connectivity index (χ1v) is 7.11. The quantitative estimate of drug-likeness (QED) is 0.775. The third-order valence-corrected chi connectivity index (χ3v) is 3.60. The van der Waals surface area contributed by atoms with Gasteiger partial charge in [-0.2, -0.15) is 0 Å². The molecule has 108 valence electrons. The zero-order valence-corrected chi connectivity index (χ0v) is 12.8. The van der Waals surface area contributed by atoms with E-state index in [2.05, 4.69) is 38.2 Å². The number of benzene rings is 1. The van der Waals surface area contributed by atoms with Crippen LogP contribution in [0.5, 0.6) is 11.5 Å². The molecule has 1 N–H and O–H groups in total. The molecule has 0 saturated heterocycles. The maximum Gasteiger partial charge on any atom is 0.161 e. The van der Waals surface area contributed by atoms with Crippen LogP contribution in [0.15, 0.2) is 18.2 Å². The topological polar surface area (TPSA) is 30.5 Å². The minimum atomic E-state index is 0.375. The molecule has 2 atom stereocenters. The van der Waals surface area contributed by atoms with Crippen molar-refractivity contribution < 1.29 is 9.47 Å². The van der Waals surface area contributed by atoms with E-state index >= 15 is 0 Å². The summed E-state index contributed by atoms with van der Waals surface area (Å²) in [6, 6.07) is 6.56. The number of hydrogen-bond donors (Lipinski definition) is 1. The molecule has 0 radical (unpaired) electrons. The molecule has 1 aromatic carbocycles. The summed E-state index contributed by atoms with van der Waals surface area (Å²) < 4.78 is 10.7. The van der Waals surface area contributed by atoms with Crippen molar-refractivity contribution in [2.75, 3.05) is 20.8 Å². The van der Waals surface area contributed by atoms with Crippen molar-refractivity contribution in [1.82, 2.24) is 5.32 Å². The lowest BCUT2D eigenvalue weighted by Gasteiger charge is -2.22. The summed E-state index contributed by atoms with van der Waals surface area (Å²) in [6.45, 7) is 7.65. The summed E-state index contributed by atoms with van der Waals surface area (Å²) in [7, 11) is 3.34. The van der Waals surface area contributed by atoms with Crippen molar-refractivity contribution in [3.8, 4) is 11.5 Å². The minimum Gasteiger partial charge on any atom is -0.493 e. The third-order valence-electron chi connectivity index (χ3n) is 3.60. The van der Waals surface area contributed by atoms with Crippen LogP contribution < -0.4 is 14.8 Å². The Morgan fingerprint density at radius 3 is 2.32 bits per heavy atom. The van der Waals surface area contributed by atoms with Gasteiger partial charge in [0.2, 0.25) is 0 Å². The molecule has 1 rings (SSSR count). The average molecular weight is 265 g/mol. The Morgan fingerprint density at radius 1 is 1.11 bits per heavy atom. The molecular formula is C16H27NO2. The molecule has 0 amide bonds. The van der Waals surface area contributed by atoms with Crippen LogP contribution in [0.2, 0.25) is 0 Å². The third kappa shape index (κ3) is 4.43. The monoisotopic (exact) mass is 265 g/mol. The van der Waals surface area contributed by atoms with Gasteiger partial charge in [-0.05, 0) is 36.6 Å². The van der Waals surface area contributed by atoms with Crippen LogP contribution in [-0.2, 0) is 0 Å². The van der Waals surface area contributed by atoms with Crippen molar-refractivity contribution >= 4 is 0 Å². The van der Waals surface area contributed by atoms with E-state index < -0.39 is 0 Å². The molecule has 2 unspecified atom stereocenters. The van der Waals surface area contributed by atoms with Crippen molar-refractivity contribution in [1.29, 1.82) is 0 Å². The summed E-state index contributed by atoms with van der Waals surface area (Å²) in [5.41, 5.74) is 1.26. The van der Waals surface area contributed by atoms with E-state index in [1.165, 1.54) is 12.0 Å². The van der Waals surface area contributed by atoms with Crippen LogP contribution in [-0.4, -0.2) is 20.8 Å². The first kappa shape index (κ1) is 15.8. The second-order valence-electron chi connectivity index (χ2n) is 4.97. The van der Waals surface area contributed by atoms with Gasteiger partial charge in [-0.1, -0.05) is 33.3 Å². The van der Waals surface area contributed by atoms with Gasteiger partial charge in [-0.3, -0.25) is 0 Å². The standard InChI is InChI=1S/C16H27NO2/c1-6-12(3)10-14(17-7-2)13-8-9-15(18-4)16(11-13)19-5/h8-9,11-12,14,17H,6-7,10H2,1-5H3. The van der Waals surface area contributed by atoms with Crippen LogP contribution in [0.25, 0.3) is 0 Å². The van der Waals surface area contributed by atoms with E-state index in [0.29, 0.717) is 12.0 Å². The Hall–Kier alpha value is -1.22. The zero-order chi connectivity index (χ0) is 14.3. The summed E-state index contributed by atoms with van der Waals surface area (Å²) >= 11 is 0. The average Bonchev–Trinajstić information content (AvgIpc) is 2.45. The van der Waals surface area contributed by atoms with Crippen LogP contribution in [0.1, 0.15) is 45.2 Å². The second kappa shape index (κ2) is 8.05. The normalized spacial score (nSPS) is 13.9. The molecule has 0 bridgehead atoms. The highest BCUT2D eigenvalue weighted by molar-refractivity contribution is 5.43. The molecule has 1 aromatic rings. The minimum absolute atomic E-state index is 0.375. The number of hydrogen-bond acceptors (Lipinski definition) is 3. The lowest BCUT2D eigenvalue weighted by Crippen LogP contribution is -2.22. The zero-order valence-electron chi connectivity index (χ0n) is 12.8. The number of ether oxygens (including phenoxy) is 2. The van der Waals surface area contributed by atoms with Crippen molar-refractivity contribution in [2.45, 2.75) is 39.7 Å². The predicted molar refractivity (Wildman–Crippen MR) is 80.0 cm³/mol. The molecule has 3 nitrogen and oxygen atoms in total. The molecule has 0 aliphatic rings. The van der Waals surface area contributed by atoms with Crippen molar-refractivity contribution in [2.24, 2.45) is 5.92 Å². The van der Waals surface area contributed by atoms with E-state index in [0.717, 1.165) is 24.5 Å². The Morgan fingerprint density at radius 2 is 1.79 bits per heavy atom. The lowest BCUT2D eigenvalue weighted by atomic mass is 9.94. The van der Waals surface area contributed by atoms with E-state index in [1.807, 2.05) is 6.07 Å². The maximum absolute atomic E-state index is 5.38. The fourth-order valence-electron chi connectivity index (χ4n) is 2.22. The summed E-state index contributed by atoms with van der Waals surface area (Å²) in [5, 5.41) is 3.56. The first-order chi connectivity index (χ1) is 9.15. The van der Waals surface area contributed by atoms with E-state index in [-0.39, 0.29) is 0 Å². The first-order valence-electron chi connectivity index (χ1n) is 7.11. The van der Waals surface area contributed by atoms with Gasteiger partial charge in [0.15, 0.2) is 11.5 Å². The van der Waals surface area contributed by atoms with Gasteiger partial charge in [0.25, 0.3) is 0 Å². The van der Waals surface area contributed by atoms with Gasteiger partial charge in [-0.15, -0.1) is 0 Å². The Kier molecular flexibility index (Phi) is 6.71. The number of methoxy groups -OCH3 is 2. The maximum atomic E-state index is 5.38. The molecule has 3 heteroatoms. The molecule has 0 aliphatic heterocycles. The molecule has 19 heavy (non-hydrogen) atoms. The fourth-order valence-corrected chi connectivity index (χ4v) is 2.22. The van der Waals surface area contributed by atoms with Gasteiger partial charge >= 0.3 is 0 Å². The van der Waals surface area contributed by atoms with Crippen molar-refractivity contribution in [3.05, 3.63) is 23.8 Å². The highest BCUT2D eigenvalue weighted by atomic mass is 16.5. The SMILES string of the molecule is CCNC(CC(C)CC)c1ccc(OC)c(OC)c1. The van der Waals surface area contributed by atoms with E-state index in [1.54, 1.807) is 14.2 Å². The molecule has 0 aliphatic carbocycles. The Bertz CT molecular complexity index is 379. The van der Waals surface area contributed by atoms with E-state index in [9.17, 15) is 0 Å². The van der Waals surface area contributed by atoms with Gasteiger partial charge in [0.1, 0.15) is 0 Å². The highest BCUT2D eigenvalue weighted by Gasteiger charge is 2.15. The van der Waals surface area contributed by atoms with Crippen molar-refractivity contribution in [3.63, 3.8) is 0 Å². The van der Waals surface area contributed by atoms with Crippen LogP contribution in [0.3, 0.4) is 0 Å². The lowest BCUT2D eigenvalue weighted by molar-refractivity contribution is 0.352. The molecule has 0 aromatic heterocycles. The fraction of sp³-hybridized carbons (Fsp3) is 0.625. The molecule has 0 fully saturated rings. The molecular weight excluding hydrogens is 238 g/mol. The Balaban J connectivity index is 2.95. The molecule has 0 spiro atoms.